The highest BCUT2D eigenvalue weighted by molar-refractivity contribution is 5.70. The molecular weight excluding hydrogens is 214 g/mol. The first kappa shape index (κ1) is 14.5. The van der Waals surface area contributed by atoms with Gasteiger partial charge in [-0.2, -0.15) is 0 Å². The minimum absolute atomic E-state index is 0.188. The van der Waals surface area contributed by atoms with Crippen LogP contribution in [0.15, 0.2) is 0 Å². The lowest BCUT2D eigenvalue weighted by Crippen LogP contribution is -2.50. The van der Waals surface area contributed by atoms with Gasteiger partial charge >= 0.3 is 5.97 Å². The molecule has 0 saturated heterocycles. The van der Waals surface area contributed by atoms with Gasteiger partial charge in [0.05, 0.1) is 13.5 Å². The van der Waals surface area contributed by atoms with Crippen molar-refractivity contribution in [3.8, 4) is 0 Å². The molecule has 0 bridgehead atoms. The number of hydrogen-bond donors (Lipinski definition) is 1. The van der Waals surface area contributed by atoms with E-state index < -0.39 is 0 Å². The van der Waals surface area contributed by atoms with Gasteiger partial charge in [-0.25, -0.2) is 0 Å². The number of carbonyl (C=O) groups is 1. The number of esters is 1. The van der Waals surface area contributed by atoms with Crippen molar-refractivity contribution in [3.05, 3.63) is 0 Å². The van der Waals surface area contributed by atoms with Crippen molar-refractivity contribution in [1.82, 2.24) is 0 Å². The number of nitrogens with two attached hydrogens (primary N) is 1. The Labute approximate surface area is 105 Å². The van der Waals surface area contributed by atoms with Crippen molar-refractivity contribution in [2.24, 2.45) is 16.6 Å². The van der Waals surface area contributed by atoms with Gasteiger partial charge in [-0.1, -0.05) is 27.7 Å². The molecule has 0 spiro atoms. The first-order valence-corrected chi connectivity index (χ1v) is 6.48. The fraction of sp³-hybridized carbons (Fsp3) is 0.929. The van der Waals surface area contributed by atoms with Gasteiger partial charge < -0.3 is 10.5 Å². The Hall–Kier alpha value is -0.570. The van der Waals surface area contributed by atoms with Crippen LogP contribution < -0.4 is 5.73 Å². The first-order valence-electron chi connectivity index (χ1n) is 6.48. The standard InChI is InChI=1S/C14H27NO2/c1-12(2,3)13(4)6-8-14(15,9-7-13)10-11(16)17-5/h6-10,15H2,1-5H3. The Morgan fingerprint density at radius 3 is 2.06 bits per heavy atom. The molecule has 1 fully saturated rings. The van der Waals surface area contributed by atoms with Crippen LogP contribution in [0.2, 0.25) is 0 Å². The zero-order valence-electron chi connectivity index (χ0n) is 11.9. The van der Waals surface area contributed by atoms with E-state index in [1.165, 1.54) is 7.11 Å². The van der Waals surface area contributed by atoms with Gasteiger partial charge in [0.15, 0.2) is 0 Å². The van der Waals surface area contributed by atoms with Gasteiger partial charge in [-0.15, -0.1) is 0 Å². The molecule has 1 aliphatic carbocycles. The second-order valence-corrected chi connectivity index (χ2v) is 6.93. The second-order valence-electron chi connectivity index (χ2n) is 6.93. The molecule has 1 saturated carbocycles. The van der Waals surface area contributed by atoms with Gasteiger partial charge in [-0.3, -0.25) is 4.79 Å². The lowest BCUT2D eigenvalue weighted by molar-refractivity contribution is -0.142. The predicted octanol–water partition coefficient (Wildman–Crippen LogP) is 2.87. The number of hydrogen-bond acceptors (Lipinski definition) is 3. The predicted molar refractivity (Wildman–Crippen MR) is 69.6 cm³/mol. The molecule has 2 N–H and O–H groups in total. The summed E-state index contributed by atoms with van der Waals surface area (Å²) in [4.78, 5) is 11.3. The van der Waals surface area contributed by atoms with Crippen LogP contribution in [0, 0.1) is 10.8 Å². The minimum Gasteiger partial charge on any atom is -0.469 e. The van der Waals surface area contributed by atoms with Crippen LogP contribution >= 0.6 is 0 Å². The largest absolute Gasteiger partial charge is 0.469 e. The highest BCUT2D eigenvalue weighted by Crippen LogP contribution is 2.51. The monoisotopic (exact) mass is 241 g/mol. The molecular formula is C14H27NO2. The van der Waals surface area contributed by atoms with Crippen LogP contribution in [-0.4, -0.2) is 18.6 Å². The van der Waals surface area contributed by atoms with Gasteiger partial charge in [-0.05, 0) is 36.5 Å². The molecule has 0 aromatic heterocycles. The zero-order valence-corrected chi connectivity index (χ0v) is 11.9. The average Bonchev–Trinajstić information content (AvgIpc) is 2.21. The third kappa shape index (κ3) is 3.21. The number of ether oxygens (including phenoxy) is 1. The average molecular weight is 241 g/mol. The van der Waals surface area contributed by atoms with Crippen LogP contribution in [0.5, 0.6) is 0 Å². The molecule has 1 aliphatic rings. The summed E-state index contributed by atoms with van der Waals surface area (Å²) in [5.74, 6) is -0.188. The van der Waals surface area contributed by atoms with E-state index in [0.29, 0.717) is 17.3 Å². The molecule has 0 aliphatic heterocycles. The number of methoxy groups -OCH3 is 1. The van der Waals surface area contributed by atoms with Crippen molar-refractivity contribution < 1.29 is 9.53 Å². The van der Waals surface area contributed by atoms with E-state index in [4.69, 9.17) is 10.5 Å². The quantitative estimate of drug-likeness (QED) is 0.756. The van der Waals surface area contributed by atoms with Crippen molar-refractivity contribution >= 4 is 5.97 Å². The van der Waals surface area contributed by atoms with Crippen LogP contribution in [0.25, 0.3) is 0 Å². The minimum atomic E-state index is -0.349. The van der Waals surface area contributed by atoms with Crippen molar-refractivity contribution in [3.63, 3.8) is 0 Å². The molecule has 17 heavy (non-hydrogen) atoms. The summed E-state index contributed by atoms with van der Waals surface area (Å²) in [6.45, 7) is 9.20. The highest BCUT2D eigenvalue weighted by Gasteiger charge is 2.44. The molecule has 0 atom stereocenters. The van der Waals surface area contributed by atoms with Crippen LogP contribution in [-0.2, 0) is 9.53 Å². The van der Waals surface area contributed by atoms with Crippen molar-refractivity contribution in [2.75, 3.05) is 7.11 Å². The van der Waals surface area contributed by atoms with Gasteiger partial charge in [0.1, 0.15) is 0 Å². The Kier molecular flexibility index (Phi) is 3.92. The van der Waals surface area contributed by atoms with Crippen LogP contribution in [0.3, 0.4) is 0 Å². The van der Waals surface area contributed by atoms with E-state index >= 15 is 0 Å². The fourth-order valence-corrected chi connectivity index (χ4v) is 2.59. The normalized spacial score (nSPS) is 34.5. The molecule has 0 aromatic rings. The molecule has 0 heterocycles. The lowest BCUT2D eigenvalue weighted by Gasteiger charge is -2.49. The van der Waals surface area contributed by atoms with E-state index in [9.17, 15) is 4.79 Å². The number of rotatable bonds is 2. The summed E-state index contributed by atoms with van der Waals surface area (Å²) >= 11 is 0. The van der Waals surface area contributed by atoms with E-state index in [2.05, 4.69) is 27.7 Å². The maximum Gasteiger partial charge on any atom is 0.307 e. The third-order valence-corrected chi connectivity index (χ3v) is 4.88. The van der Waals surface area contributed by atoms with Gasteiger partial charge in [0, 0.05) is 5.54 Å². The molecule has 0 radical (unpaired) electrons. The molecule has 0 aromatic carbocycles. The SMILES string of the molecule is COC(=O)CC1(N)CCC(C)(C(C)(C)C)CC1. The molecule has 0 unspecified atom stereocenters. The smallest absolute Gasteiger partial charge is 0.307 e. The topological polar surface area (TPSA) is 52.3 Å². The summed E-state index contributed by atoms with van der Waals surface area (Å²) in [6, 6.07) is 0. The summed E-state index contributed by atoms with van der Waals surface area (Å²) < 4.78 is 4.72. The molecule has 3 heteroatoms. The molecule has 0 amide bonds. The maximum atomic E-state index is 11.3. The van der Waals surface area contributed by atoms with E-state index in [1.54, 1.807) is 0 Å². The van der Waals surface area contributed by atoms with E-state index in [1.807, 2.05) is 0 Å². The summed E-state index contributed by atoms with van der Waals surface area (Å²) in [5.41, 5.74) is 6.57. The summed E-state index contributed by atoms with van der Waals surface area (Å²) in [6.07, 6.45) is 4.35. The molecule has 3 nitrogen and oxygen atoms in total. The summed E-state index contributed by atoms with van der Waals surface area (Å²) in [5, 5.41) is 0. The lowest BCUT2D eigenvalue weighted by atomic mass is 9.57. The fourth-order valence-electron chi connectivity index (χ4n) is 2.59. The van der Waals surface area contributed by atoms with Gasteiger partial charge in [0.2, 0.25) is 0 Å². The third-order valence-electron chi connectivity index (χ3n) is 4.88. The zero-order chi connectivity index (χ0) is 13.3. The maximum absolute atomic E-state index is 11.3. The Balaban J connectivity index is 2.64. The highest BCUT2D eigenvalue weighted by atomic mass is 16.5. The Morgan fingerprint density at radius 1 is 1.24 bits per heavy atom. The Bertz CT molecular complexity index is 283. The summed E-state index contributed by atoms with van der Waals surface area (Å²) in [7, 11) is 1.42. The van der Waals surface area contributed by atoms with E-state index in [-0.39, 0.29) is 11.5 Å². The van der Waals surface area contributed by atoms with Crippen molar-refractivity contribution in [1.29, 1.82) is 0 Å². The second kappa shape index (κ2) is 4.60. The van der Waals surface area contributed by atoms with E-state index in [0.717, 1.165) is 25.7 Å². The van der Waals surface area contributed by atoms with Gasteiger partial charge in [0.25, 0.3) is 0 Å². The van der Waals surface area contributed by atoms with Crippen LogP contribution in [0.1, 0.15) is 59.8 Å². The number of carbonyl (C=O) groups excluding carboxylic acids is 1. The Morgan fingerprint density at radius 2 is 1.71 bits per heavy atom. The first-order chi connectivity index (χ1) is 7.62. The molecule has 100 valence electrons. The van der Waals surface area contributed by atoms with Crippen LogP contribution in [0.4, 0.5) is 0 Å². The van der Waals surface area contributed by atoms with Crippen molar-refractivity contribution in [2.45, 2.75) is 65.3 Å². The molecule has 1 rings (SSSR count).